The summed E-state index contributed by atoms with van der Waals surface area (Å²) >= 11 is 0. The van der Waals surface area contributed by atoms with Crippen molar-refractivity contribution in [2.45, 2.75) is 59.9 Å². The van der Waals surface area contributed by atoms with E-state index in [1.807, 2.05) is 0 Å². The van der Waals surface area contributed by atoms with E-state index in [0.29, 0.717) is 6.04 Å². The van der Waals surface area contributed by atoms with Gasteiger partial charge >= 0.3 is 0 Å². The molecule has 0 heterocycles. The zero-order valence-electron chi connectivity index (χ0n) is 12.0. The molecule has 3 nitrogen and oxygen atoms in total. The lowest BCUT2D eigenvalue weighted by Crippen LogP contribution is -2.41. The molecule has 0 aromatic heterocycles. The summed E-state index contributed by atoms with van der Waals surface area (Å²) in [6.45, 7) is 12.7. The van der Waals surface area contributed by atoms with Gasteiger partial charge in [-0.25, -0.2) is 0 Å². The van der Waals surface area contributed by atoms with Crippen LogP contribution < -0.4 is 10.6 Å². The predicted molar refractivity (Wildman–Crippen MR) is 88.4 cm³/mol. The molecular weight excluding hydrogens is 325 g/mol. The van der Waals surface area contributed by atoms with Gasteiger partial charge in [-0.3, -0.25) is 4.99 Å². The third-order valence-electron chi connectivity index (χ3n) is 2.23. The van der Waals surface area contributed by atoms with Gasteiger partial charge in [-0.15, -0.1) is 24.0 Å². The van der Waals surface area contributed by atoms with E-state index in [-0.39, 0.29) is 24.0 Å². The van der Waals surface area contributed by atoms with Crippen molar-refractivity contribution in [1.82, 2.24) is 10.6 Å². The van der Waals surface area contributed by atoms with E-state index in [1.54, 1.807) is 0 Å². The van der Waals surface area contributed by atoms with E-state index in [1.165, 1.54) is 19.3 Å². The molecule has 0 aliphatic rings. The fraction of sp³-hybridized carbons (Fsp3) is 0.923. The zero-order valence-corrected chi connectivity index (χ0v) is 14.4. The average molecular weight is 355 g/mol. The molecule has 0 aliphatic heterocycles. The molecular formula is C13H30IN3. The second kappa shape index (κ2) is 12.5. The van der Waals surface area contributed by atoms with Crippen molar-refractivity contribution >= 4 is 29.9 Å². The Labute approximate surface area is 124 Å². The summed E-state index contributed by atoms with van der Waals surface area (Å²) in [6.07, 6.45) is 3.78. The van der Waals surface area contributed by atoms with E-state index >= 15 is 0 Å². The number of nitrogens with zero attached hydrogens (tertiary/aromatic N) is 1. The van der Waals surface area contributed by atoms with Crippen LogP contribution in [0.3, 0.4) is 0 Å². The number of hydrogen-bond donors (Lipinski definition) is 2. The summed E-state index contributed by atoms with van der Waals surface area (Å²) in [6, 6.07) is 0.438. The maximum Gasteiger partial charge on any atom is 0.191 e. The van der Waals surface area contributed by atoms with Gasteiger partial charge in [0.05, 0.1) is 0 Å². The Balaban J connectivity index is 0. The predicted octanol–water partition coefficient (Wildman–Crippen LogP) is 3.39. The summed E-state index contributed by atoms with van der Waals surface area (Å²) in [7, 11) is 0. The van der Waals surface area contributed by atoms with Crippen molar-refractivity contribution in [1.29, 1.82) is 0 Å². The first-order valence-corrected chi connectivity index (χ1v) is 6.61. The highest BCUT2D eigenvalue weighted by Gasteiger charge is 1.99. The van der Waals surface area contributed by atoms with Crippen LogP contribution in [0.25, 0.3) is 0 Å². The second-order valence-corrected chi connectivity index (χ2v) is 4.95. The minimum Gasteiger partial charge on any atom is -0.357 e. The zero-order chi connectivity index (χ0) is 12.4. The van der Waals surface area contributed by atoms with Gasteiger partial charge in [-0.05, 0) is 33.1 Å². The first kappa shape index (κ1) is 19.3. The van der Waals surface area contributed by atoms with Crippen LogP contribution in [0.5, 0.6) is 0 Å². The minimum absolute atomic E-state index is 0. The van der Waals surface area contributed by atoms with Gasteiger partial charge in [0, 0.05) is 19.1 Å². The summed E-state index contributed by atoms with van der Waals surface area (Å²) in [5.74, 6) is 1.76. The number of rotatable bonds is 7. The van der Waals surface area contributed by atoms with Gasteiger partial charge in [0.25, 0.3) is 0 Å². The lowest BCUT2D eigenvalue weighted by molar-refractivity contribution is 0.541. The fourth-order valence-electron chi connectivity index (χ4n) is 1.45. The molecule has 0 fully saturated rings. The normalized spacial score (nSPS) is 11.6. The van der Waals surface area contributed by atoms with Crippen molar-refractivity contribution < 1.29 is 0 Å². The quantitative estimate of drug-likeness (QED) is 0.318. The first-order valence-electron chi connectivity index (χ1n) is 6.61. The van der Waals surface area contributed by atoms with Crippen molar-refractivity contribution in [3.8, 4) is 0 Å². The molecule has 0 saturated heterocycles. The SMILES string of the molecule is CCNC(=NCCCCC(C)C)NC(C)C.I. The number of unbranched alkanes of at least 4 members (excludes halogenated alkanes) is 1. The Hall–Kier alpha value is 0. The summed E-state index contributed by atoms with van der Waals surface area (Å²) < 4.78 is 0. The van der Waals surface area contributed by atoms with E-state index in [4.69, 9.17) is 0 Å². The second-order valence-electron chi connectivity index (χ2n) is 4.95. The highest BCUT2D eigenvalue weighted by molar-refractivity contribution is 14.0. The Morgan fingerprint density at radius 2 is 1.76 bits per heavy atom. The molecule has 0 unspecified atom stereocenters. The number of guanidine groups is 1. The Morgan fingerprint density at radius 3 is 2.24 bits per heavy atom. The van der Waals surface area contributed by atoms with Crippen LogP contribution in [0, 0.1) is 5.92 Å². The van der Waals surface area contributed by atoms with Crippen molar-refractivity contribution in [2.24, 2.45) is 10.9 Å². The number of aliphatic imine (C=N–C) groups is 1. The Kier molecular flexibility index (Phi) is 14.2. The van der Waals surface area contributed by atoms with Gasteiger partial charge in [0.15, 0.2) is 5.96 Å². The van der Waals surface area contributed by atoms with Crippen LogP contribution in [-0.4, -0.2) is 25.1 Å². The highest BCUT2D eigenvalue weighted by atomic mass is 127. The lowest BCUT2D eigenvalue weighted by atomic mass is 10.1. The van der Waals surface area contributed by atoms with Gasteiger partial charge in [-0.2, -0.15) is 0 Å². The smallest absolute Gasteiger partial charge is 0.191 e. The Bertz CT molecular complexity index is 191. The van der Waals surface area contributed by atoms with Crippen molar-refractivity contribution in [2.75, 3.05) is 13.1 Å². The Morgan fingerprint density at radius 1 is 1.12 bits per heavy atom. The molecule has 0 aliphatic carbocycles. The maximum atomic E-state index is 4.54. The van der Waals surface area contributed by atoms with Crippen LogP contribution in [-0.2, 0) is 0 Å². The average Bonchev–Trinajstić information content (AvgIpc) is 2.16. The van der Waals surface area contributed by atoms with E-state index in [9.17, 15) is 0 Å². The van der Waals surface area contributed by atoms with Crippen LogP contribution in [0.2, 0.25) is 0 Å². The minimum atomic E-state index is 0. The molecule has 0 radical (unpaired) electrons. The van der Waals surface area contributed by atoms with Crippen LogP contribution in [0.1, 0.15) is 53.9 Å². The topological polar surface area (TPSA) is 36.4 Å². The standard InChI is InChI=1S/C13H29N3.HI/c1-6-14-13(16-12(4)5)15-10-8-7-9-11(2)3;/h11-12H,6-10H2,1-5H3,(H2,14,15,16);1H. The molecule has 0 saturated carbocycles. The molecule has 0 amide bonds. The molecule has 0 bridgehead atoms. The van der Waals surface area contributed by atoms with Crippen molar-refractivity contribution in [3.63, 3.8) is 0 Å². The van der Waals surface area contributed by atoms with Gasteiger partial charge < -0.3 is 10.6 Å². The number of halogens is 1. The van der Waals surface area contributed by atoms with E-state index in [0.717, 1.165) is 25.0 Å². The third-order valence-corrected chi connectivity index (χ3v) is 2.23. The van der Waals surface area contributed by atoms with Crippen molar-refractivity contribution in [3.05, 3.63) is 0 Å². The van der Waals surface area contributed by atoms with Crippen LogP contribution >= 0.6 is 24.0 Å². The molecule has 4 heteroatoms. The summed E-state index contributed by atoms with van der Waals surface area (Å²) in [5, 5.41) is 6.57. The van der Waals surface area contributed by atoms with E-state index in [2.05, 4.69) is 50.2 Å². The first-order chi connectivity index (χ1) is 7.56. The fourth-order valence-corrected chi connectivity index (χ4v) is 1.45. The molecule has 0 aromatic rings. The monoisotopic (exact) mass is 355 g/mol. The van der Waals surface area contributed by atoms with Crippen LogP contribution in [0.15, 0.2) is 4.99 Å². The molecule has 104 valence electrons. The maximum absolute atomic E-state index is 4.54. The highest BCUT2D eigenvalue weighted by Crippen LogP contribution is 2.05. The largest absolute Gasteiger partial charge is 0.357 e. The molecule has 2 N–H and O–H groups in total. The molecule has 17 heavy (non-hydrogen) atoms. The lowest BCUT2D eigenvalue weighted by Gasteiger charge is -2.13. The van der Waals surface area contributed by atoms with Crippen LogP contribution in [0.4, 0.5) is 0 Å². The van der Waals surface area contributed by atoms with Gasteiger partial charge in [0.2, 0.25) is 0 Å². The molecule has 0 rings (SSSR count). The molecule has 0 spiro atoms. The number of nitrogens with one attached hydrogen (secondary N) is 2. The third kappa shape index (κ3) is 13.9. The van der Waals surface area contributed by atoms with E-state index < -0.39 is 0 Å². The summed E-state index contributed by atoms with van der Waals surface area (Å²) in [4.78, 5) is 4.54. The number of hydrogen-bond acceptors (Lipinski definition) is 1. The summed E-state index contributed by atoms with van der Waals surface area (Å²) in [5.41, 5.74) is 0. The van der Waals surface area contributed by atoms with Gasteiger partial charge in [-0.1, -0.05) is 26.7 Å². The molecule has 0 atom stereocenters. The molecule has 0 aromatic carbocycles. The van der Waals surface area contributed by atoms with Gasteiger partial charge in [0.1, 0.15) is 0 Å².